The van der Waals surface area contributed by atoms with E-state index in [4.69, 9.17) is 0 Å². The maximum atomic E-state index is 10.0. The Hall–Kier alpha value is -2.57. The molecule has 0 spiro atoms. The van der Waals surface area contributed by atoms with E-state index in [1.807, 2.05) is 12.1 Å². The summed E-state index contributed by atoms with van der Waals surface area (Å²) in [5.41, 5.74) is 3.68. The molecule has 0 unspecified atom stereocenters. The largest absolute Gasteiger partial charge is 0.508 e. The van der Waals surface area contributed by atoms with E-state index in [9.17, 15) is 10.4 Å². The van der Waals surface area contributed by atoms with Gasteiger partial charge in [-0.1, -0.05) is 48.9 Å². The van der Waals surface area contributed by atoms with Crippen LogP contribution in [-0.2, 0) is 11.8 Å². The van der Waals surface area contributed by atoms with Crippen LogP contribution in [-0.4, -0.2) is 29.1 Å². The maximum Gasteiger partial charge on any atom is 0.115 e. The smallest absolute Gasteiger partial charge is 0.115 e. The van der Waals surface area contributed by atoms with Crippen LogP contribution in [0.1, 0.15) is 36.8 Å². The number of phenols is 1. The summed E-state index contributed by atoms with van der Waals surface area (Å²) in [6.45, 7) is 2.06. The molecule has 0 aromatic heterocycles. The highest BCUT2D eigenvalue weighted by Gasteiger charge is 2.47. The lowest BCUT2D eigenvalue weighted by Crippen LogP contribution is -2.54. The van der Waals surface area contributed by atoms with Gasteiger partial charge in [0.2, 0.25) is 0 Å². The van der Waals surface area contributed by atoms with E-state index in [0.29, 0.717) is 11.8 Å². The van der Waals surface area contributed by atoms with Gasteiger partial charge in [0.05, 0.1) is 6.07 Å². The van der Waals surface area contributed by atoms with E-state index < -0.39 is 0 Å². The third kappa shape index (κ3) is 3.38. The fourth-order valence-corrected chi connectivity index (χ4v) is 5.10. The molecule has 2 fully saturated rings. The Bertz CT molecular complexity index is 867. The lowest BCUT2D eigenvalue weighted by molar-refractivity contribution is 0.110. The number of aromatic hydroxyl groups is 1. The van der Waals surface area contributed by atoms with Gasteiger partial charge in [-0.25, -0.2) is 0 Å². The predicted molar refractivity (Wildman–Crippen MR) is 107 cm³/mol. The monoisotopic (exact) mass is 358 g/mol. The van der Waals surface area contributed by atoms with Gasteiger partial charge >= 0.3 is 0 Å². The molecule has 2 aromatic rings. The lowest BCUT2D eigenvalue weighted by Gasteiger charge is -2.53. The minimum Gasteiger partial charge on any atom is -0.508 e. The molecule has 0 radical (unpaired) electrons. The molecule has 3 heteroatoms. The zero-order chi connectivity index (χ0) is 18.7. The Morgan fingerprint density at radius 2 is 2.00 bits per heavy atom. The number of phenolic OH excluding ortho intramolecular Hbond substituents is 1. The average Bonchev–Trinajstić information content (AvgIpc) is 2.69. The van der Waals surface area contributed by atoms with Gasteiger partial charge in [-0.15, -0.1) is 0 Å². The van der Waals surface area contributed by atoms with Crippen molar-refractivity contribution in [2.45, 2.75) is 43.6 Å². The fourth-order valence-electron chi connectivity index (χ4n) is 5.10. The SMILES string of the molecule is N#C/C=C1\[C@@H]2CCC[C@@]1(c1cccc(O)c1)CCN2CCc1ccccc1. The number of likely N-dealkylation sites (tertiary alicyclic amines) is 1. The Kier molecular flexibility index (Phi) is 5.01. The minimum atomic E-state index is -0.0966. The highest BCUT2D eigenvalue weighted by molar-refractivity contribution is 5.46. The van der Waals surface area contributed by atoms with Crippen molar-refractivity contribution in [1.82, 2.24) is 4.90 Å². The average molecular weight is 358 g/mol. The zero-order valence-corrected chi connectivity index (χ0v) is 15.6. The van der Waals surface area contributed by atoms with Crippen LogP contribution in [0.5, 0.6) is 5.75 Å². The quantitative estimate of drug-likeness (QED) is 0.814. The number of rotatable bonds is 4. The number of hydrogen-bond acceptors (Lipinski definition) is 3. The first kappa shape index (κ1) is 17.8. The fraction of sp³-hybridized carbons (Fsp3) is 0.375. The lowest BCUT2D eigenvalue weighted by atomic mass is 9.60. The molecule has 4 rings (SSSR count). The summed E-state index contributed by atoms with van der Waals surface area (Å²) in [6, 6.07) is 20.9. The second-order valence-electron chi connectivity index (χ2n) is 7.79. The standard InChI is InChI=1S/C24H26N2O/c25-15-11-22-23-10-5-13-24(22,20-8-4-9-21(27)18-20)14-17-26(23)16-12-19-6-2-1-3-7-19/h1-4,6-9,11,18,23,27H,5,10,12-14,16-17H2/b22-11+/t23-,24-/m0/s1. The van der Waals surface area contributed by atoms with Crippen LogP contribution in [0.25, 0.3) is 0 Å². The van der Waals surface area contributed by atoms with Crippen molar-refractivity contribution in [2.75, 3.05) is 13.1 Å². The molecule has 2 aromatic carbocycles. The van der Waals surface area contributed by atoms with Crippen LogP contribution in [0, 0.1) is 11.3 Å². The van der Waals surface area contributed by atoms with Gasteiger partial charge in [-0.2, -0.15) is 5.26 Å². The molecule has 138 valence electrons. The Morgan fingerprint density at radius 3 is 2.78 bits per heavy atom. The predicted octanol–water partition coefficient (Wildman–Crippen LogP) is 4.58. The van der Waals surface area contributed by atoms with Crippen molar-refractivity contribution < 1.29 is 5.11 Å². The van der Waals surface area contributed by atoms with Gasteiger partial charge < -0.3 is 5.11 Å². The van der Waals surface area contributed by atoms with Gasteiger partial charge in [0, 0.05) is 24.1 Å². The number of benzene rings is 2. The molecule has 1 saturated heterocycles. The van der Waals surface area contributed by atoms with Crippen LogP contribution < -0.4 is 0 Å². The molecular weight excluding hydrogens is 332 g/mol. The third-order valence-electron chi connectivity index (χ3n) is 6.41. The second-order valence-corrected chi connectivity index (χ2v) is 7.79. The topological polar surface area (TPSA) is 47.3 Å². The summed E-state index contributed by atoms with van der Waals surface area (Å²) in [5, 5.41) is 19.5. The van der Waals surface area contributed by atoms with Gasteiger partial charge in [0.25, 0.3) is 0 Å². The molecule has 2 aliphatic rings. The van der Waals surface area contributed by atoms with Crippen LogP contribution in [0.4, 0.5) is 0 Å². The maximum absolute atomic E-state index is 10.0. The van der Waals surface area contributed by atoms with Crippen molar-refractivity contribution in [3.63, 3.8) is 0 Å². The van der Waals surface area contributed by atoms with Crippen molar-refractivity contribution in [3.05, 3.63) is 77.4 Å². The summed E-state index contributed by atoms with van der Waals surface area (Å²) in [5.74, 6) is 0.312. The van der Waals surface area contributed by atoms with Gasteiger partial charge in [-0.3, -0.25) is 4.90 Å². The van der Waals surface area contributed by atoms with Crippen LogP contribution >= 0.6 is 0 Å². The number of nitrogens with zero attached hydrogens (tertiary/aromatic N) is 2. The number of allylic oxidation sites excluding steroid dienone is 1. The molecular formula is C24H26N2O. The molecule has 2 atom stereocenters. The minimum absolute atomic E-state index is 0.0966. The Balaban J connectivity index is 1.62. The first-order valence-corrected chi connectivity index (χ1v) is 9.90. The van der Waals surface area contributed by atoms with Crippen molar-refractivity contribution in [1.29, 1.82) is 5.26 Å². The van der Waals surface area contributed by atoms with Gasteiger partial charge in [0.1, 0.15) is 5.75 Å². The summed E-state index contributed by atoms with van der Waals surface area (Å²) >= 11 is 0. The molecule has 3 nitrogen and oxygen atoms in total. The molecule has 1 heterocycles. The van der Waals surface area contributed by atoms with Crippen molar-refractivity contribution in [2.24, 2.45) is 0 Å². The molecule has 1 aliphatic heterocycles. The van der Waals surface area contributed by atoms with E-state index >= 15 is 0 Å². The Morgan fingerprint density at radius 1 is 1.15 bits per heavy atom. The molecule has 0 amide bonds. The van der Waals surface area contributed by atoms with E-state index in [-0.39, 0.29) is 5.41 Å². The van der Waals surface area contributed by atoms with E-state index in [1.54, 1.807) is 12.1 Å². The van der Waals surface area contributed by atoms with Crippen LogP contribution in [0.2, 0.25) is 0 Å². The molecule has 1 saturated carbocycles. The number of nitriles is 1. The third-order valence-corrected chi connectivity index (χ3v) is 6.41. The van der Waals surface area contributed by atoms with Gasteiger partial charge in [-0.05, 0) is 61.1 Å². The van der Waals surface area contributed by atoms with E-state index in [1.165, 1.54) is 11.1 Å². The summed E-state index contributed by atoms with van der Waals surface area (Å²) in [7, 11) is 0. The van der Waals surface area contributed by atoms with Crippen LogP contribution in [0.3, 0.4) is 0 Å². The summed E-state index contributed by atoms with van der Waals surface area (Å²) in [4.78, 5) is 2.57. The van der Waals surface area contributed by atoms with Crippen molar-refractivity contribution >= 4 is 0 Å². The second kappa shape index (κ2) is 7.58. The number of hydrogen-bond donors (Lipinski definition) is 1. The van der Waals surface area contributed by atoms with Crippen molar-refractivity contribution in [3.8, 4) is 11.8 Å². The normalized spacial score (nSPS) is 26.6. The first-order valence-electron chi connectivity index (χ1n) is 9.90. The van der Waals surface area contributed by atoms with Gasteiger partial charge in [0.15, 0.2) is 0 Å². The molecule has 27 heavy (non-hydrogen) atoms. The highest BCUT2D eigenvalue weighted by atomic mass is 16.3. The summed E-state index contributed by atoms with van der Waals surface area (Å²) < 4.78 is 0. The molecule has 1 aliphatic carbocycles. The van der Waals surface area contributed by atoms with Crippen LogP contribution in [0.15, 0.2) is 66.2 Å². The highest BCUT2D eigenvalue weighted by Crippen LogP contribution is 2.51. The molecule has 1 N–H and O–H groups in total. The van der Waals surface area contributed by atoms with E-state index in [2.05, 4.69) is 47.4 Å². The summed E-state index contributed by atoms with van der Waals surface area (Å²) in [6.07, 6.45) is 7.18. The zero-order valence-electron chi connectivity index (χ0n) is 15.6. The Labute approximate surface area is 161 Å². The number of fused-ring (bicyclic) bond motifs is 2. The number of piperidine rings is 1. The van der Waals surface area contributed by atoms with E-state index in [0.717, 1.165) is 50.8 Å². The molecule has 2 bridgehead atoms. The first-order chi connectivity index (χ1) is 13.2.